The number of rotatable bonds is 4. The highest BCUT2D eigenvalue weighted by Crippen LogP contribution is 2.31. The molecule has 0 aliphatic carbocycles. The fourth-order valence-corrected chi connectivity index (χ4v) is 1.20. The van der Waals surface area contributed by atoms with E-state index < -0.39 is 0 Å². The molecule has 0 aromatic heterocycles. The Morgan fingerprint density at radius 1 is 1.75 bits per heavy atom. The maximum absolute atomic E-state index is 11.5. The minimum Gasteiger partial charge on any atom is -0.379 e. The lowest BCUT2D eigenvalue weighted by molar-refractivity contribution is -0.162. The number of ether oxygens (including phenoxy) is 1. The Labute approximate surface area is 72.8 Å². The average molecular weight is 169 g/mol. The largest absolute Gasteiger partial charge is 0.379 e. The van der Waals surface area contributed by atoms with E-state index in [0.717, 1.165) is 6.42 Å². The van der Waals surface area contributed by atoms with Crippen LogP contribution in [-0.4, -0.2) is 25.7 Å². The Morgan fingerprint density at radius 3 is 2.75 bits per heavy atom. The Hall–Kier alpha value is -0.830. The van der Waals surface area contributed by atoms with Gasteiger partial charge in [0.05, 0.1) is 18.6 Å². The average Bonchev–Trinajstić information content (AvgIpc) is 2.00. The van der Waals surface area contributed by atoms with Crippen molar-refractivity contribution in [3.63, 3.8) is 0 Å². The van der Waals surface area contributed by atoms with Gasteiger partial charge in [0.15, 0.2) is 0 Å². The Kier molecular flexibility index (Phi) is 2.87. The normalized spacial score (nSPS) is 19.4. The molecular formula is C9H15NO2. The van der Waals surface area contributed by atoms with Gasteiger partial charge in [0, 0.05) is 6.54 Å². The molecule has 1 rings (SSSR count). The van der Waals surface area contributed by atoms with Gasteiger partial charge in [0.1, 0.15) is 0 Å². The molecule has 1 N–H and O–H groups in total. The molecule has 1 fully saturated rings. The van der Waals surface area contributed by atoms with E-state index in [9.17, 15) is 4.79 Å². The molecule has 0 bridgehead atoms. The summed E-state index contributed by atoms with van der Waals surface area (Å²) >= 11 is 0. The third-order valence-electron chi connectivity index (χ3n) is 2.32. The van der Waals surface area contributed by atoms with E-state index >= 15 is 0 Å². The lowest BCUT2D eigenvalue weighted by Crippen LogP contribution is -2.53. The molecule has 0 spiro atoms. The first-order chi connectivity index (χ1) is 5.75. The van der Waals surface area contributed by atoms with E-state index in [1.54, 1.807) is 6.08 Å². The Balaban J connectivity index is 2.43. The van der Waals surface area contributed by atoms with Crippen LogP contribution in [-0.2, 0) is 9.53 Å². The van der Waals surface area contributed by atoms with Crippen molar-refractivity contribution in [3.8, 4) is 0 Å². The predicted molar refractivity (Wildman–Crippen MR) is 46.7 cm³/mol. The fraction of sp³-hybridized carbons (Fsp3) is 0.667. The van der Waals surface area contributed by atoms with Crippen LogP contribution in [0.15, 0.2) is 12.7 Å². The van der Waals surface area contributed by atoms with Gasteiger partial charge in [-0.2, -0.15) is 0 Å². The zero-order valence-corrected chi connectivity index (χ0v) is 7.43. The molecule has 0 saturated carbocycles. The first-order valence-corrected chi connectivity index (χ1v) is 4.22. The summed E-state index contributed by atoms with van der Waals surface area (Å²) in [5, 5.41) is 2.79. The van der Waals surface area contributed by atoms with Gasteiger partial charge in [-0.25, -0.2) is 0 Å². The third kappa shape index (κ3) is 1.50. The molecule has 0 atom stereocenters. The first-order valence-electron chi connectivity index (χ1n) is 4.22. The molecule has 0 unspecified atom stereocenters. The second-order valence-corrected chi connectivity index (χ2v) is 3.13. The number of carbonyl (C=O) groups excluding carboxylic acids is 1. The van der Waals surface area contributed by atoms with Crippen molar-refractivity contribution in [3.05, 3.63) is 12.7 Å². The van der Waals surface area contributed by atoms with Crippen molar-refractivity contribution in [1.82, 2.24) is 5.32 Å². The molecule has 0 aromatic carbocycles. The van der Waals surface area contributed by atoms with Crippen molar-refractivity contribution in [2.45, 2.75) is 13.3 Å². The third-order valence-corrected chi connectivity index (χ3v) is 2.32. The fourth-order valence-electron chi connectivity index (χ4n) is 1.20. The van der Waals surface area contributed by atoms with Gasteiger partial charge in [0.2, 0.25) is 5.91 Å². The van der Waals surface area contributed by atoms with Crippen molar-refractivity contribution in [2.75, 3.05) is 19.8 Å². The van der Waals surface area contributed by atoms with Crippen LogP contribution in [0.4, 0.5) is 0 Å². The predicted octanol–water partition coefficient (Wildman–Crippen LogP) is 0.715. The van der Waals surface area contributed by atoms with Crippen LogP contribution in [0.1, 0.15) is 13.3 Å². The molecule has 0 radical (unpaired) electrons. The van der Waals surface area contributed by atoms with Gasteiger partial charge in [0.25, 0.3) is 0 Å². The van der Waals surface area contributed by atoms with Gasteiger partial charge in [-0.05, 0) is 6.42 Å². The van der Waals surface area contributed by atoms with Gasteiger partial charge in [-0.3, -0.25) is 4.79 Å². The topological polar surface area (TPSA) is 38.3 Å². The Morgan fingerprint density at radius 2 is 2.42 bits per heavy atom. The molecule has 1 saturated heterocycles. The summed E-state index contributed by atoms with van der Waals surface area (Å²) in [5.74, 6) is 0.0937. The summed E-state index contributed by atoms with van der Waals surface area (Å²) in [7, 11) is 0. The van der Waals surface area contributed by atoms with E-state index in [2.05, 4.69) is 11.9 Å². The first kappa shape index (κ1) is 9.26. The van der Waals surface area contributed by atoms with E-state index in [1.807, 2.05) is 6.92 Å². The number of hydrogen-bond acceptors (Lipinski definition) is 2. The number of amides is 1. The quantitative estimate of drug-likeness (QED) is 0.629. The zero-order valence-electron chi connectivity index (χ0n) is 7.43. The number of carbonyl (C=O) groups is 1. The summed E-state index contributed by atoms with van der Waals surface area (Å²) in [4.78, 5) is 11.5. The van der Waals surface area contributed by atoms with Crippen LogP contribution in [0.5, 0.6) is 0 Å². The molecule has 1 aliphatic heterocycles. The SMILES string of the molecule is C=CCNC(=O)C1(CC)COC1. The summed E-state index contributed by atoms with van der Waals surface area (Å²) in [6, 6.07) is 0. The van der Waals surface area contributed by atoms with Crippen LogP contribution in [0.3, 0.4) is 0 Å². The van der Waals surface area contributed by atoms with Gasteiger partial charge in [-0.15, -0.1) is 6.58 Å². The van der Waals surface area contributed by atoms with E-state index in [0.29, 0.717) is 19.8 Å². The molecule has 3 heteroatoms. The smallest absolute Gasteiger partial charge is 0.231 e. The molecule has 0 aromatic rings. The Bertz CT molecular complexity index is 179. The second kappa shape index (κ2) is 3.72. The highest BCUT2D eigenvalue weighted by Gasteiger charge is 2.43. The number of nitrogens with one attached hydrogen (secondary N) is 1. The van der Waals surface area contributed by atoms with Crippen LogP contribution < -0.4 is 5.32 Å². The monoisotopic (exact) mass is 169 g/mol. The second-order valence-electron chi connectivity index (χ2n) is 3.13. The highest BCUT2D eigenvalue weighted by atomic mass is 16.5. The van der Waals surface area contributed by atoms with E-state index in [4.69, 9.17) is 4.74 Å². The molecule has 3 nitrogen and oxygen atoms in total. The van der Waals surface area contributed by atoms with Gasteiger partial charge >= 0.3 is 0 Å². The molecule has 1 aliphatic rings. The summed E-state index contributed by atoms with van der Waals surface area (Å²) in [6.45, 7) is 7.21. The highest BCUT2D eigenvalue weighted by molar-refractivity contribution is 5.83. The van der Waals surface area contributed by atoms with E-state index in [-0.39, 0.29) is 11.3 Å². The van der Waals surface area contributed by atoms with Crippen molar-refractivity contribution in [1.29, 1.82) is 0 Å². The molecule has 12 heavy (non-hydrogen) atoms. The van der Waals surface area contributed by atoms with Gasteiger partial charge in [-0.1, -0.05) is 13.0 Å². The molecular weight excluding hydrogens is 154 g/mol. The lowest BCUT2D eigenvalue weighted by Gasteiger charge is -2.38. The summed E-state index contributed by atoms with van der Waals surface area (Å²) in [6.07, 6.45) is 2.52. The minimum absolute atomic E-state index is 0.0937. The van der Waals surface area contributed by atoms with Crippen LogP contribution >= 0.6 is 0 Å². The summed E-state index contributed by atoms with van der Waals surface area (Å²) in [5.41, 5.74) is -0.247. The van der Waals surface area contributed by atoms with Crippen LogP contribution in [0.2, 0.25) is 0 Å². The van der Waals surface area contributed by atoms with Crippen molar-refractivity contribution >= 4 is 5.91 Å². The van der Waals surface area contributed by atoms with Crippen molar-refractivity contribution < 1.29 is 9.53 Å². The summed E-state index contributed by atoms with van der Waals surface area (Å²) < 4.78 is 5.04. The maximum Gasteiger partial charge on any atom is 0.231 e. The van der Waals surface area contributed by atoms with E-state index in [1.165, 1.54) is 0 Å². The molecule has 1 amide bonds. The van der Waals surface area contributed by atoms with Crippen molar-refractivity contribution in [2.24, 2.45) is 5.41 Å². The standard InChI is InChI=1S/C9H15NO2/c1-3-5-10-8(11)9(4-2)6-12-7-9/h3H,1,4-7H2,2H3,(H,10,11). The minimum atomic E-state index is -0.247. The molecule has 1 heterocycles. The van der Waals surface area contributed by atoms with Crippen LogP contribution in [0, 0.1) is 5.41 Å². The molecule has 68 valence electrons. The lowest BCUT2D eigenvalue weighted by atomic mass is 9.82. The maximum atomic E-state index is 11.5. The van der Waals surface area contributed by atoms with Crippen LogP contribution in [0.25, 0.3) is 0 Å². The van der Waals surface area contributed by atoms with Gasteiger partial charge < -0.3 is 10.1 Å². The number of hydrogen-bond donors (Lipinski definition) is 1. The zero-order chi connectivity index (χ0) is 9.03.